The molecular formula is C14H14BrN5O. The van der Waals surface area contributed by atoms with E-state index < -0.39 is 0 Å². The number of benzene rings is 1. The molecule has 2 aromatic heterocycles. The van der Waals surface area contributed by atoms with Crippen molar-refractivity contribution in [1.82, 2.24) is 25.4 Å². The predicted molar refractivity (Wildman–Crippen MR) is 79.8 cm³/mol. The van der Waals surface area contributed by atoms with Crippen LogP contribution >= 0.6 is 15.9 Å². The average Bonchev–Trinajstić information content (AvgIpc) is 3.03. The summed E-state index contributed by atoms with van der Waals surface area (Å²) in [6.07, 6.45) is 0.684. The van der Waals surface area contributed by atoms with Crippen molar-refractivity contribution in [3.63, 3.8) is 0 Å². The van der Waals surface area contributed by atoms with Crippen LogP contribution in [0.2, 0.25) is 0 Å². The largest absolute Gasteiger partial charge is 0.361 e. The molecule has 7 heteroatoms. The molecular weight excluding hydrogens is 334 g/mol. The number of aryl methyl sites for hydroxylation is 2. The van der Waals surface area contributed by atoms with Crippen LogP contribution in [0, 0.1) is 13.8 Å². The Morgan fingerprint density at radius 1 is 1.19 bits per heavy atom. The highest BCUT2D eigenvalue weighted by Gasteiger charge is 2.14. The normalized spacial score (nSPS) is 11.0. The first kappa shape index (κ1) is 13.9. The van der Waals surface area contributed by atoms with Gasteiger partial charge in [0.2, 0.25) is 0 Å². The van der Waals surface area contributed by atoms with Crippen LogP contribution in [0.3, 0.4) is 0 Å². The lowest BCUT2D eigenvalue weighted by Gasteiger charge is -2.04. The second-order valence-electron chi connectivity index (χ2n) is 4.86. The number of halogens is 1. The lowest BCUT2D eigenvalue weighted by Crippen LogP contribution is -2.09. The van der Waals surface area contributed by atoms with Gasteiger partial charge in [0.05, 0.1) is 12.2 Å². The summed E-state index contributed by atoms with van der Waals surface area (Å²) in [5.74, 6) is 1.62. The number of tetrazole rings is 1. The molecule has 0 amide bonds. The smallest absolute Gasteiger partial charge is 0.156 e. The fourth-order valence-corrected chi connectivity index (χ4v) is 2.40. The van der Waals surface area contributed by atoms with Gasteiger partial charge in [0.1, 0.15) is 5.76 Å². The minimum atomic E-state index is 0.569. The molecule has 3 rings (SSSR count). The van der Waals surface area contributed by atoms with Crippen LogP contribution in [0.5, 0.6) is 0 Å². The molecule has 3 aromatic rings. The number of nitrogens with zero attached hydrogens (tertiary/aromatic N) is 5. The minimum absolute atomic E-state index is 0.569. The Morgan fingerprint density at radius 2 is 1.95 bits per heavy atom. The van der Waals surface area contributed by atoms with E-state index in [1.54, 1.807) is 4.68 Å². The molecule has 0 aliphatic rings. The molecule has 6 nitrogen and oxygen atoms in total. The third-order valence-electron chi connectivity index (χ3n) is 3.37. The Balaban J connectivity index is 1.82. The standard InChI is InChI=1S/C14H14BrN5O/c1-9-13(10(2)21-17-9)8-20-14(16-18-19-20)7-11-3-5-12(15)6-4-11/h3-6H,7-8H2,1-2H3. The van der Waals surface area contributed by atoms with Crippen molar-refractivity contribution < 1.29 is 4.52 Å². The van der Waals surface area contributed by atoms with E-state index in [0.29, 0.717) is 13.0 Å². The van der Waals surface area contributed by atoms with E-state index in [0.717, 1.165) is 32.9 Å². The first-order valence-corrected chi connectivity index (χ1v) is 7.34. The Kier molecular flexibility index (Phi) is 3.83. The summed E-state index contributed by atoms with van der Waals surface area (Å²) in [6, 6.07) is 8.13. The predicted octanol–water partition coefficient (Wildman–Crippen LogP) is 2.68. The summed E-state index contributed by atoms with van der Waals surface area (Å²) in [6.45, 7) is 4.39. The second-order valence-corrected chi connectivity index (χ2v) is 5.77. The maximum absolute atomic E-state index is 5.18. The van der Waals surface area contributed by atoms with Gasteiger partial charge in [-0.1, -0.05) is 33.2 Å². The van der Waals surface area contributed by atoms with Crippen LogP contribution in [0.25, 0.3) is 0 Å². The maximum atomic E-state index is 5.18. The quantitative estimate of drug-likeness (QED) is 0.725. The topological polar surface area (TPSA) is 69.6 Å². The number of hydrogen-bond donors (Lipinski definition) is 0. The van der Waals surface area contributed by atoms with Crippen LogP contribution in [0.1, 0.15) is 28.4 Å². The molecule has 0 saturated carbocycles. The van der Waals surface area contributed by atoms with Crippen molar-refractivity contribution in [2.75, 3.05) is 0 Å². The molecule has 0 N–H and O–H groups in total. The van der Waals surface area contributed by atoms with E-state index in [9.17, 15) is 0 Å². The van der Waals surface area contributed by atoms with Crippen molar-refractivity contribution in [3.8, 4) is 0 Å². The van der Waals surface area contributed by atoms with E-state index in [-0.39, 0.29) is 0 Å². The molecule has 0 saturated heterocycles. The SMILES string of the molecule is Cc1noc(C)c1Cn1nnnc1Cc1ccc(Br)cc1. The number of rotatable bonds is 4. The van der Waals surface area contributed by atoms with Crippen LogP contribution in [0.15, 0.2) is 33.3 Å². The molecule has 0 spiro atoms. The highest BCUT2D eigenvalue weighted by Crippen LogP contribution is 2.16. The van der Waals surface area contributed by atoms with Crippen molar-refractivity contribution in [2.24, 2.45) is 0 Å². The monoisotopic (exact) mass is 347 g/mol. The molecule has 0 aliphatic carbocycles. The molecule has 2 heterocycles. The zero-order valence-electron chi connectivity index (χ0n) is 11.7. The molecule has 0 aliphatic heterocycles. The molecule has 0 bridgehead atoms. The first-order chi connectivity index (χ1) is 10.1. The van der Waals surface area contributed by atoms with Crippen LogP contribution in [-0.2, 0) is 13.0 Å². The summed E-state index contributed by atoms with van der Waals surface area (Å²) < 4.78 is 8.02. The van der Waals surface area contributed by atoms with Gasteiger partial charge in [-0.15, -0.1) is 5.10 Å². The molecule has 21 heavy (non-hydrogen) atoms. The zero-order chi connectivity index (χ0) is 14.8. The zero-order valence-corrected chi connectivity index (χ0v) is 13.3. The van der Waals surface area contributed by atoms with Crippen molar-refractivity contribution in [2.45, 2.75) is 26.8 Å². The Bertz CT molecular complexity index is 728. The fraction of sp³-hybridized carbons (Fsp3) is 0.286. The summed E-state index contributed by atoms with van der Waals surface area (Å²) in [5.41, 5.74) is 3.06. The van der Waals surface area contributed by atoms with Crippen LogP contribution < -0.4 is 0 Å². The van der Waals surface area contributed by atoms with E-state index in [1.807, 2.05) is 26.0 Å². The van der Waals surface area contributed by atoms with Gasteiger partial charge in [0.15, 0.2) is 5.82 Å². The number of aromatic nitrogens is 5. The van der Waals surface area contributed by atoms with E-state index in [4.69, 9.17) is 4.52 Å². The Morgan fingerprint density at radius 3 is 2.62 bits per heavy atom. The highest BCUT2D eigenvalue weighted by atomic mass is 79.9. The molecule has 0 unspecified atom stereocenters. The van der Waals surface area contributed by atoms with Gasteiger partial charge < -0.3 is 4.52 Å². The van der Waals surface area contributed by atoms with Gasteiger partial charge in [-0.3, -0.25) is 0 Å². The van der Waals surface area contributed by atoms with Crippen molar-refractivity contribution in [1.29, 1.82) is 0 Å². The molecule has 0 fully saturated rings. The molecule has 0 radical (unpaired) electrons. The minimum Gasteiger partial charge on any atom is -0.361 e. The second kappa shape index (κ2) is 5.77. The summed E-state index contributed by atoms with van der Waals surface area (Å²) in [7, 11) is 0. The van der Waals surface area contributed by atoms with Gasteiger partial charge in [-0.2, -0.15) is 0 Å². The fourth-order valence-electron chi connectivity index (χ4n) is 2.13. The molecule has 108 valence electrons. The van der Waals surface area contributed by atoms with Gasteiger partial charge in [-0.05, 0) is 42.0 Å². The van der Waals surface area contributed by atoms with Crippen LogP contribution in [0.4, 0.5) is 0 Å². The lowest BCUT2D eigenvalue weighted by molar-refractivity contribution is 0.391. The van der Waals surface area contributed by atoms with E-state index in [2.05, 4.69) is 48.7 Å². The van der Waals surface area contributed by atoms with Gasteiger partial charge in [0, 0.05) is 16.5 Å². The maximum Gasteiger partial charge on any atom is 0.156 e. The van der Waals surface area contributed by atoms with Crippen molar-refractivity contribution >= 4 is 15.9 Å². The average molecular weight is 348 g/mol. The summed E-state index contributed by atoms with van der Waals surface area (Å²) in [5, 5.41) is 15.9. The first-order valence-electron chi connectivity index (χ1n) is 6.54. The lowest BCUT2D eigenvalue weighted by atomic mass is 10.1. The third-order valence-corrected chi connectivity index (χ3v) is 3.90. The van der Waals surface area contributed by atoms with Gasteiger partial charge in [0.25, 0.3) is 0 Å². The Hall–Kier alpha value is -2.02. The van der Waals surface area contributed by atoms with Crippen molar-refractivity contribution in [3.05, 3.63) is 57.1 Å². The summed E-state index contributed by atoms with van der Waals surface area (Å²) >= 11 is 3.43. The third kappa shape index (κ3) is 3.02. The van der Waals surface area contributed by atoms with Gasteiger partial charge >= 0.3 is 0 Å². The van der Waals surface area contributed by atoms with E-state index in [1.165, 1.54) is 0 Å². The van der Waals surface area contributed by atoms with Crippen LogP contribution in [-0.4, -0.2) is 25.4 Å². The number of hydrogen-bond acceptors (Lipinski definition) is 5. The van der Waals surface area contributed by atoms with E-state index >= 15 is 0 Å². The summed E-state index contributed by atoms with van der Waals surface area (Å²) in [4.78, 5) is 0. The van der Waals surface area contributed by atoms with Gasteiger partial charge in [-0.25, -0.2) is 4.68 Å². The molecule has 0 atom stereocenters. The molecule has 1 aromatic carbocycles. The highest BCUT2D eigenvalue weighted by molar-refractivity contribution is 9.10. The Labute approximate surface area is 130 Å².